The molecule has 1 fully saturated rings. The maximum absolute atomic E-state index is 5.70. The van der Waals surface area contributed by atoms with Gasteiger partial charge in [0.25, 0.3) is 0 Å². The van der Waals surface area contributed by atoms with Gasteiger partial charge in [-0.25, -0.2) is 0 Å². The van der Waals surface area contributed by atoms with Gasteiger partial charge in [0.2, 0.25) is 0 Å². The van der Waals surface area contributed by atoms with E-state index < -0.39 is 0 Å². The van der Waals surface area contributed by atoms with Crippen molar-refractivity contribution in [3.05, 3.63) is 35.9 Å². The Hall–Kier alpha value is -0.860. The Morgan fingerprint density at radius 1 is 0.950 bits per heavy atom. The Bertz CT molecular complexity index is 344. The van der Waals surface area contributed by atoms with Gasteiger partial charge in [-0.3, -0.25) is 0 Å². The van der Waals surface area contributed by atoms with E-state index in [0.29, 0.717) is 0 Å². The highest BCUT2D eigenvalue weighted by molar-refractivity contribution is 5.14. The van der Waals surface area contributed by atoms with Crippen molar-refractivity contribution in [1.82, 2.24) is 4.90 Å². The highest BCUT2D eigenvalue weighted by Crippen LogP contribution is 2.23. The third-order valence-electron chi connectivity index (χ3n) is 4.49. The van der Waals surface area contributed by atoms with Gasteiger partial charge in [-0.1, -0.05) is 49.6 Å². The second-order valence-electron chi connectivity index (χ2n) is 6.06. The molecule has 2 heteroatoms. The average Bonchev–Trinajstić information content (AvgIpc) is 2.52. The summed E-state index contributed by atoms with van der Waals surface area (Å²) >= 11 is 0. The van der Waals surface area contributed by atoms with E-state index in [0.717, 1.165) is 19.0 Å². The number of nitrogens with zero attached hydrogens (tertiary/aromatic N) is 1. The Morgan fingerprint density at radius 3 is 2.35 bits per heavy atom. The zero-order valence-electron chi connectivity index (χ0n) is 12.8. The molecule has 1 aliphatic rings. The van der Waals surface area contributed by atoms with Crippen molar-refractivity contribution in [3.8, 4) is 0 Å². The number of rotatable bonds is 8. The normalized spacial score (nSPS) is 16.7. The van der Waals surface area contributed by atoms with Gasteiger partial charge in [0.05, 0.1) is 0 Å². The minimum atomic E-state index is 0.821. The summed E-state index contributed by atoms with van der Waals surface area (Å²) in [6.07, 6.45) is 10.7. The van der Waals surface area contributed by atoms with E-state index in [1.807, 2.05) is 0 Å². The summed E-state index contributed by atoms with van der Waals surface area (Å²) in [7, 11) is 0. The lowest BCUT2D eigenvalue weighted by molar-refractivity contribution is 0.153. The van der Waals surface area contributed by atoms with E-state index in [4.69, 9.17) is 5.73 Å². The molecule has 0 atom stereocenters. The van der Waals surface area contributed by atoms with Crippen molar-refractivity contribution in [3.63, 3.8) is 0 Å². The van der Waals surface area contributed by atoms with Crippen molar-refractivity contribution in [2.24, 2.45) is 5.73 Å². The van der Waals surface area contributed by atoms with Crippen LogP contribution in [-0.4, -0.2) is 30.6 Å². The van der Waals surface area contributed by atoms with Crippen LogP contribution in [0.15, 0.2) is 30.3 Å². The maximum atomic E-state index is 5.70. The number of aryl methyl sites for hydroxylation is 1. The van der Waals surface area contributed by atoms with Crippen molar-refractivity contribution in [1.29, 1.82) is 0 Å². The predicted molar refractivity (Wildman–Crippen MR) is 86.9 cm³/mol. The maximum Gasteiger partial charge on any atom is 0.00952 e. The van der Waals surface area contributed by atoms with Crippen LogP contribution in [0.1, 0.15) is 50.5 Å². The van der Waals surface area contributed by atoms with Crippen LogP contribution in [0.2, 0.25) is 0 Å². The lowest BCUT2D eigenvalue weighted by atomic mass is 9.93. The van der Waals surface area contributed by atoms with Crippen LogP contribution in [0, 0.1) is 0 Å². The van der Waals surface area contributed by atoms with Crippen molar-refractivity contribution >= 4 is 0 Å². The van der Waals surface area contributed by atoms with Gasteiger partial charge >= 0.3 is 0 Å². The first-order valence-corrected chi connectivity index (χ1v) is 8.38. The molecule has 1 saturated carbocycles. The highest BCUT2D eigenvalue weighted by Gasteiger charge is 2.20. The number of nitrogens with two attached hydrogens (primary N) is 1. The average molecular weight is 274 g/mol. The molecule has 0 aliphatic heterocycles. The van der Waals surface area contributed by atoms with Gasteiger partial charge in [0.1, 0.15) is 0 Å². The number of hydrogen-bond acceptors (Lipinski definition) is 2. The first-order chi connectivity index (χ1) is 9.90. The summed E-state index contributed by atoms with van der Waals surface area (Å²) in [6, 6.07) is 11.7. The Balaban J connectivity index is 1.77. The third kappa shape index (κ3) is 5.26. The van der Waals surface area contributed by atoms with Gasteiger partial charge in [-0.05, 0) is 57.3 Å². The van der Waals surface area contributed by atoms with Gasteiger partial charge in [-0.15, -0.1) is 0 Å². The molecule has 0 heterocycles. The van der Waals surface area contributed by atoms with Crippen LogP contribution < -0.4 is 5.73 Å². The SMILES string of the molecule is NCCCN(CCCc1ccccc1)C1CCCCC1. The molecule has 2 rings (SSSR count). The molecule has 112 valence electrons. The molecular weight excluding hydrogens is 244 g/mol. The Labute approximate surface area is 124 Å². The summed E-state index contributed by atoms with van der Waals surface area (Å²) in [5.41, 5.74) is 7.17. The summed E-state index contributed by atoms with van der Waals surface area (Å²) in [4.78, 5) is 2.72. The van der Waals surface area contributed by atoms with Crippen molar-refractivity contribution in [2.75, 3.05) is 19.6 Å². The molecule has 0 unspecified atom stereocenters. The van der Waals surface area contributed by atoms with Crippen molar-refractivity contribution in [2.45, 2.75) is 57.4 Å². The first-order valence-electron chi connectivity index (χ1n) is 8.38. The molecule has 0 saturated heterocycles. The smallest absolute Gasteiger partial charge is 0.00952 e. The standard InChI is InChI=1S/C18H30N2/c19-14-8-16-20(18-12-5-2-6-13-18)15-7-11-17-9-3-1-4-10-17/h1,3-4,9-10,18H,2,5-8,11-16,19H2. The Morgan fingerprint density at radius 2 is 1.65 bits per heavy atom. The number of hydrogen-bond donors (Lipinski definition) is 1. The largest absolute Gasteiger partial charge is 0.330 e. The van der Waals surface area contributed by atoms with E-state index in [2.05, 4.69) is 35.2 Å². The zero-order valence-corrected chi connectivity index (χ0v) is 12.8. The first kappa shape index (κ1) is 15.5. The molecule has 1 aromatic rings. The summed E-state index contributed by atoms with van der Waals surface area (Å²) in [6.45, 7) is 3.25. The summed E-state index contributed by atoms with van der Waals surface area (Å²) in [5.74, 6) is 0. The molecular formula is C18H30N2. The molecule has 20 heavy (non-hydrogen) atoms. The van der Waals surface area contributed by atoms with E-state index in [-0.39, 0.29) is 0 Å². The quantitative estimate of drug-likeness (QED) is 0.785. The summed E-state index contributed by atoms with van der Waals surface area (Å²) in [5, 5.41) is 0. The van der Waals surface area contributed by atoms with Crippen molar-refractivity contribution < 1.29 is 0 Å². The minimum Gasteiger partial charge on any atom is -0.330 e. The monoisotopic (exact) mass is 274 g/mol. The molecule has 0 bridgehead atoms. The molecule has 2 nitrogen and oxygen atoms in total. The van der Waals surface area contributed by atoms with Crippen LogP contribution >= 0.6 is 0 Å². The van der Waals surface area contributed by atoms with Gasteiger partial charge in [0, 0.05) is 6.04 Å². The fourth-order valence-corrected chi connectivity index (χ4v) is 3.35. The summed E-state index contributed by atoms with van der Waals surface area (Å²) < 4.78 is 0. The lowest BCUT2D eigenvalue weighted by Gasteiger charge is -2.34. The van der Waals surface area contributed by atoms with E-state index in [9.17, 15) is 0 Å². The van der Waals surface area contributed by atoms with Gasteiger partial charge in [0.15, 0.2) is 0 Å². The topological polar surface area (TPSA) is 29.3 Å². The molecule has 0 radical (unpaired) electrons. The Kier molecular flexibility index (Phi) is 7.10. The molecule has 1 aliphatic carbocycles. The van der Waals surface area contributed by atoms with E-state index in [1.54, 1.807) is 0 Å². The van der Waals surface area contributed by atoms with Crippen LogP contribution in [0.4, 0.5) is 0 Å². The zero-order chi connectivity index (χ0) is 14.0. The molecule has 0 aromatic heterocycles. The van der Waals surface area contributed by atoms with E-state index in [1.165, 1.54) is 63.6 Å². The van der Waals surface area contributed by atoms with E-state index >= 15 is 0 Å². The van der Waals surface area contributed by atoms with Gasteiger partial charge < -0.3 is 10.6 Å². The minimum absolute atomic E-state index is 0.821. The van der Waals surface area contributed by atoms with Crippen LogP contribution in [-0.2, 0) is 6.42 Å². The molecule has 0 spiro atoms. The predicted octanol–water partition coefficient (Wildman–Crippen LogP) is 3.60. The number of benzene rings is 1. The second-order valence-corrected chi connectivity index (χ2v) is 6.06. The highest BCUT2D eigenvalue weighted by atomic mass is 15.1. The molecule has 0 amide bonds. The van der Waals surface area contributed by atoms with Crippen LogP contribution in [0.25, 0.3) is 0 Å². The fraction of sp³-hybridized carbons (Fsp3) is 0.667. The van der Waals surface area contributed by atoms with Crippen LogP contribution in [0.5, 0.6) is 0 Å². The van der Waals surface area contributed by atoms with Crippen LogP contribution in [0.3, 0.4) is 0 Å². The lowest BCUT2D eigenvalue weighted by Crippen LogP contribution is -2.39. The fourth-order valence-electron chi connectivity index (χ4n) is 3.35. The molecule has 1 aromatic carbocycles. The second kappa shape index (κ2) is 9.15. The third-order valence-corrected chi connectivity index (χ3v) is 4.49. The van der Waals surface area contributed by atoms with Gasteiger partial charge in [-0.2, -0.15) is 0 Å². The molecule has 2 N–H and O–H groups in total.